The van der Waals surface area contributed by atoms with Crippen molar-refractivity contribution in [2.24, 2.45) is 0 Å². The molecule has 0 heterocycles. The molecule has 3 heteroatoms. The average Bonchev–Trinajstić information content (AvgIpc) is 2.30. The molecule has 0 spiro atoms. The molecular weight excluding hydrogens is 212 g/mol. The molecule has 0 aromatic heterocycles. The van der Waals surface area contributed by atoms with Gasteiger partial charge in [0.1, 0.15) is 0 Å². The molecule has 1 rings (SSSR count). The Hall–Kier alpha value is -1.51. The molecule has 0 radical (unpaired) electrons. The number of carbonyl (C=O) groups excluding carboxylic acids is 1. The minimum absolute atomic E-state index is 0.0316. The molecule has 0 aliphatic heterocycles. The number of nitrogens with zero attached hydrogens (tertiary/aromatic N) is 1. The quantitative estimate of drug-likeness (QED) is 0.848. The number of hydrogen-bond donors (Lipinski definition) is 1. The Labute approximate surface area is 104 Å². The second-order valence-corrected chi connectivity index (χ2v) is 4.47. The summed E-state index contributed by atoms with van der Waals surface area (Å²) in [6, 6.07) is 5.99. The number of carbonyl (C=O) groups is 1. The van der Waals surface area contributed by atoms with Crippen molar-refractivity contribution < 1.29 is 4.79 Å². The first-order valence-corrected chi connectivity index (χ1v) is 6.14. The molecule has 0 bridgehead atoms. The Bertz CT molecular complexity index is 368. The van der Waals surface area contributed by atoms with Gasteiger partial charge in [-0.1, -0.05) is 31.5 Å². The van der Waals surface area contributed by atoms with Crippen molar-refractivity contribution in [3.05, 3.63) is 29.3 Å². The van der Waals surface area contributed by atoms with Crippen molar-refractivity contribution in [2.45, 2.75) is 33.6 Å². The van der Waals surface area contributed by atoms with Gasteiger partial charge in [0.25, 0.3) is 0 Å². The van der Waals surface area contributed by atoms with Crippen LogP contribution in [0.2, 0.25) is 0 Å². The van der Waals surface area contributed by atoms with E-state index in [1.54, 1.807) is 4.90 Å². The highest BCUT2D eigenvalue weighted by molar-refractivity contribution is 5.90. The van der Waals surface area contributed by atoms with Crippen LogP contribution in [-0.4, -0.2) is 24.5 Å². The van der Waals surface area contributed by atoms with Crippen LogP contribution in [0.5, 0.6) is 0 Å². The van der Waals surface area contributed by atoms with Crippen molar-refractivity contribution >= 4 is 11.7 Å². The second kappa shape index (κ2) is 6.28. The lowest BCUT2D eigenvalue weighted by molar-refractivity contribution is 0.222. The van der Waals surface area contributed by atoms with Crippen molar-refractivity contribution in [3.8, 4) is 0 Å². The maximum atomic E-state index is 11.9. The smallest absolute Gasteiger partial charge is 0.321 e. The molecule has 94 valence electrons. The maximum absolute atomic E-state index is 11.9. The van der Waals surface area contributed by atoms with Crippen LogP contribution in [0, 0.1) is 13.8 Å². The lowest BCUT2D eigenvalue weighted by Crippen LogP contribution is -2.32. The zero-order chi connectivity index (χ0) is 12.8. The third-order valence-electron chi connectivity index (χ3n) is 2.91. The normalized spacial score (nSPS) is 10.1. The molecule has 0 fully saturated rings. The molecule has 0 unspecified atom stereocenters. The molecule has 0 aliphatic rings. The van der Waals surface area contributed by atoms with E-state index in [9.17, 15) is 4.79 Å². The number of amides is 2. The van der Waals surface area contributed by atoms with Crippen LogP contribution in [0.3, 0.4) is 0 Å². The highest BCUT2D eigenvalue weighted by Crippen LogP contribution is 2.19. The Morgan fingerprint density at radius 2 is 1.88 bits per heavy atom. The van der Waals surface area contributed by atoms with E-state index in [2.05, 4.69) is 12.2 Å². The van der Waals surface area contributed by atoms with Crippen molar-refractivity contribution in [2.75, 3.05) is 18.9 Å². The van der Waals surface area contributed by atoms with Gasteiger partial charge in [-0.05, 0) is 31.4 Å². The number of urea groups is 1. The van der Waals surface area contributed by atoms with Crippen LogP contribution in [-0.2, 0) is 0 Å². The molecule has 0 saturated carbocycles. The summed E-state index contributed by atoms with van der Waals surface area (Å²) < 4.78 is 0. The van der Waals surface area contributed by atoms with Crippen LogP contribution in [0.25, 0.3) is 0 Å². The van der Waals surface area contributed by atoms with Crippen molar-refractivity contribution in [3.63, 3.8) is 0 Å². The fourth-order valence-electron chi connectivity index (χ4n) is 1.71. The van der Waals surface area contributed by atoms with Gasteiger partial charge in [-0.25, -0.2) is 4.79 Å². The van der Waals surface area contributed by atoms with Gasteiger partial charge in [0.05, 0.1) is 0 Å². The predicted octanol–water partition coefficient (Wildman–Crippen LogP) is 3.57. The number of unbranched alkanes of at least 4 members (excludes halogenated alkanes) is 1. The summed E-state index contributed by atoms with van der Waals surface area (Å²) in [5.41, 5.74) is 3.13. The van der Waals surface area contributed by atoms with Gasteiger partial charge in [0.2, 0.25) is 0 Å². The van der Waals surface area contributed by atoms with Gasteiger partial charge in [-0.3, -0.25) is 0 Å². The SMILES string of the molecule is CCCCN(C)C(=O)Nc1c(C)cccc1C. The van der Waals surface area contributed by atoms with E-state index in [1.165, 1.54) is 0 Å². The number of para-hydroxylation sites is 1. The van der Waals surface area contributed by atoms with Gasteiger partial charge in [0, 0.05) is 19.3 Å². The van der Waals surface area contributed by atoms with E-state index in [0.29, 0.717) is 0 Å². The van der Waals surface area contributed by atoms with E-state index in [-0.39, 0.29) is 6.03 Å². The lowest BCUT2D eigenvalue weighted by atomic mass is 10.1. The number of rotatable bonds is 4. The topological polar surface area (TPSA) is 32.3 Å². The average molecular weight is 234 g/mol. The third-order valence-corrected chi connectivity index (χ3v) is 2.91. The van der Waals surface area contributed by atoms with Gasteiger partial charge in [0.15, 0.2) is 0 Å². The summed E-state index contributed by atoms with van der Waals surface area (Å²) in [6.07, 6.45) is 2.14. The Kier molecular flexibility index (Phi) is 5.01. The minimum atomic E-state index is -0.0316. The fraction of sp³-hybridized carbons (Fsp3) is 0.500. The largest absolute Gasteiger partial charge is 0.328 e. The zero-order valence-electron chi connectivity index (χ0n) is 11.2. The second-order valence-electron chi connectivity index (χ2n) is 4.47. The standard InChI is InChI=1S/C14H22N2O/c1-5-6-10-16(4)14(17)15-13-11(2)8-7-9-12(13)3/h7-9H,5-6,10H2,1-4H3,(H,15,17). The number of hydrogen-bond acceptors (Lipinski definition) is 1. The molecule has 0 saturated heterocycles. The number of anilines is 1. The summed E-state index contributed by atoms with van der Waals surface area (Å²) in [5, 5.41) is 2.97. The monoisotopic (exact) mass is 234 g/mol. The molecule has 1 N–H and O–H groups in total. The molecule has 17 heavy (non-hydrogen) atoms. The number of benzene rings is 1. The van der Waals surface area contributed by atoms with Crippen LogP contribution < -0.4 is 5.32 Å². The van der Waals surface area contributed by atoms with E-state index in [1.807, 2.05) is 39.1 Å². The zero-order valence-corrected chi connectivity index (χ0v) is 11.2. The molecule has 2 amide bonds. The maximum Gasteiger partial charge on any atom is 0.321 e. The highest BCUT2D eigenvalue weighted by atomic mass is 16.2. The van der Waals surface area contributed by atoms with Gasteiger partial charge >= 0.3 is 6.03 Å². The molecule has 0 atom stereocenters. The predicted molar refractivity (Wildman–Crippen MR) is 72.5 cm³/mol. The van der Waals surface area contributed by atoms with E-state index in [0.717, 1.165) is 36.2 Å². The van der Waals surface area contributed by atoms with Crippen LogP contribution >= 0.6 is 0 Å². The first-order valence-electron chi connectivity index (χ1n) is 6.14. The van der Waals surface area contributed by atoms with E-state index < -0.39 is 0 Å². The van der Waals surface area contributed by atoms with Crippen LogP contribution in [0.15, 0.2) is 18.2 Å². The van der Waals surface area contributed by atoms with E-state index in [4.69, 9.17) is 0 Å². The summed E-state index contributed by atoms with van der Waals surface area (Å²) in [5.74, 6) is 0. The van der Waals surface area contributed by atoms with Gasteiger partial charge in [-0.15, -0.1) is 0 Å². The molecule has 3 nitrogen and oxygen atoms in total. The molecule has 0 aliphatic carbocycles. The lowest BCUT2D eigenvalue weighted by Gasteiger charge is -2.19. The first-order chi connectivity index (χ1) is 8.06. The van der Waals surface area contributed by atoms with Gasteiger partial charge < -0.3 is 10.2 Å². The van der Waals surface area contributed by atoms with Crippen molar-refractivity contribution in [1.29, 1.82) is 0 Å². The Morgan fingerprint density at radius 1 is 1.29 bits per heavy atom. The first kappa shape index (κ1) is 13.6. The van der Waals surface area contributed by atoms with E-state index >= 15 is 0 Å². The van der Waals surface area contributed by atoms with Crippen LogP contribution in [0.1, 0.15) is 30.9 Å². The number of nitrogens with one attached hydrogen (secondary N) is 1. The highest BCUT2D eigenvalue weighted by Gasteiger charge is 2.10. The summed E-state index contributed by atoms with van der Waals surface area (Å²) in [7, 11) is 1.83. The van der Waals surface area contributed by atoms with Crippen molar-refractivity contribution in [1.82, 2.24) is 4.90 Å². The Morgan fingerprint density at radius 3 is 2.41 bits per heavy atom. The van der Waals surface area contributed by atoms with Crippen LogP contribution in [0.4, 0.5) is 10.5 Å². The Balaban J connectivity index is 2.68. The molecule has 1 aromatic rings. The number of aryl methyl sites for hydroxylation is 2. The summed E-state index contributed by atoms with van der Waals surface area (Å²) in [6.45, 7) is 6.94. The summed E-state index contributed by atoms with van der Waals surface area (Å²) >= 11 is 0. The molecular formula is C14H22N2O. The minimum Gasteiger partial charge on any atom is -0.328 e. The summed E-state index contributed by atoms with van der Waals surface area (Å²) in [4.78, 5) is 13.7. The third kappa shape index (κ3) is 3.77. The van der Waals surface area contributed by atoms with Gasteiger partial charge in [-0.2, -0.15) is 0 Å². The molecule has 1 aromatic carbocycles. The fourth-order valence-corrected chi connectivity index (χ4v) is 1.71.